The zero-order valence-electron chi connectivity index (χ0n) is 16.0. The van der Waals surface area contributed by atoms with E-state index in [1.165, 1.54) is 5.56 Å². The van der Waals surface area contributed by atoms with Crippen LogP contribution in [0.4, 0.5) is 0 Å². The molecule has 1 aliphatic heterocycles. The Morgan fingerprint density at radius 3 is 1.97 bits per heavy atom. The molecule has 0 spiro atoms. The average Bonchev–Trinajstić information content (AvgIpc) is 2.75. The molecule has 2 aromatic rings. The van der Waals surface area contributed by atoms with E-state index in [1.807, 2.05) is 42.5 Å². The van der Waals surface area contributed by atoms with Gasteiger partial charge in [0, 0.05) is 19.6 Å². The maximum Gasteiger partial charge on any atom is 0.414 e. The highest BCUT2D eigenvalue weighted by Crippen LogP contribution is 2.18. The molecular formula is C21H25NO7. The Hall–Kier alpha value is -3.10. The van der Waals surface area contributed by atoms with E-state index >= 15 is 0 Å². The Kier molecular flexibility index (Phi) is 9.47. The second-order valence-corrected chi connectivity index (χ2v) is 6.16. The van der Waals surface area contributed by atoms with Gasteiger partial charge in [-0.1, -0.05) is 30.3 Å². The van der Waals surface area contributed by atoms with E-state index in [1.54, 1.807) is 0 Å². The van der Waals surface area contributed by atoms with E-state index in [2.05, 4.69) is 17.0 Å². The predicted molar refractivity (Wildman–Crippen MR) is 105 cm³/mol. The van der Waals surface area contributed by atoms with Crippen molar-refractivity contribution < 1.29 is 34.0 Å². The van der Waals surface area contributed by atoms with Gasteiger partial charge >= 0.3 is 11.9 Å². The summed E-state index contributed by atoms with van der Waals surface area (Å²) in [7, 11) is 0. The zero-order chi connectivity index (χ0) is 20.9. The number of morpholine rings is 1. The van der Waals surface area contributed by atoms with E-state index in [-0.39, 0.29) is 0 Å². The Balaban J connectivity index is 0.000000438. The van der Waals surface area contributed by atoms with Crippen molar-refractivity contribution in [1.82, 2.24) is 4.90 Å². The maximum absolute atomic E-state index is 9.10. The second kappa shape index (κ2) is 12.4. The lowest BCUT2D eigenvalue weighted by Gasteiger charge is -2.26. The van der Waals surface area contributed by atoms with Crippen LogP contribution >= 0.6 is 0 Å². The summed E-state index contributed by atoms with van der Waals surface area (Å²) in [5.41, 5.74) is 1.17. The van der Waals surface area contributed by atoms with Crippen molar-refractivity contribution in [2.24, 2.45) is 0 Å². The number of benzene rings is 2. The van der Waals surface area contributed by atoms with Crippen molar-refractivity contribution in [3.63, 3.8) is 0 Å². The third-order valence-electron chi connectivity index (χ3n) is 4.03. The van der Waals surface area contributed by atoms with Crippen molar-refractivity contribution >= 4 is 11.9 Å². The van der Waals surface area contributed by atoms with Gasteiger partial charge in [0.15, 0.2) is 0 Å². The molecule has 156 valence electrons. The van der Waals surface area contributed by atoms with Gasteiger partial charge in [0.25, 0.3) is 0 Å². The fourth-order valence-electron chi connectivity index (χ4n) is 2.49. The minimum atomic E-state index is -1.82. The molecular weight excluding hydrogens is 378 g/mol. The highest BCUT2D eigenvalue weighted by atomic mass is 16.5. The summed E-state index contributed by atoms with van der Waals surface area (Å²) < 4.78 is 16.9. The van der Waals surface area contributed by atoms with Gasteiger partial charge in [-0.05, 0) is 29.8 Å². The van der Waals surface area contributed by atoms with Crippen LogP contribution in [0, 0.1) is 0 Å². The van der Waals surface area contributed by atoms with E-state index < -0.39 is 11.9 Å². The first-order valence-corrected chi connectivity index (χ1v) is 9.20. The SMILES string of the molecule is O=C(O)C(=O)O.c1ccc(COc2ccc(OCCN3CCOCC3)cc2)cc1. The number of carboxylic acids is 2. The lowest BCUT2D eigenvalue weighted by Crippen LogP contribution is -2.38. The van der Waals surface area contributed by atoms with Crippen LogP contribution in [-0.2, 0) is 20.9 Å². The standard InChI is InChI=1S/C19H23NO3.C2H2O4/c1-2-4-17(5-3-1)16-23-19-8-6-18(7-9-19)22-15-12-20-10-13-21-14-11-20;3-1(4)2(5)6/h1-9H,10-16H2;(H,3,4)(H,5,6). The monoisotopic (exact) mass is 403 g/mol. The fourth-order valence-corrected chi connectivity index (χ4v) is 2.49. The van der Waals surface area contributed by atoms with Gasteiger partial charge in [0.05, 0.1) is 13.2 Å². The van der Waals surface area contributed by atoms with Gasteiger partial charge in [-0.15, -0.1) is 0 Å². The molecule has 1 fully saturated rings. The van der Waals surface area contributed by atoms with Crippen molar-refractivity contribution in [3.8, 4) is 11.5 Å². The first kappa shape index (κ1) is 22.2. The molecule has 2 N–H and O–H groups in total. The van der Waals surface area contributed by atoms with Crippen LogP contribution in [0.15, 0.2) is 54.6 Å². The van der Waals surface area contributed by atoms with Crippen LogP contribution < -0.4 is 9.47 Å². The molecule has 0 aliphatic carbocycles. The molecule has 8 nitrogen and oxygen atoms in total. The molecule has 0 radical (unpaired) electrons. The second-order valence-electron chi connectivity index (χ2n) is 6.16. The number of rotatable bonds is 7. The predicted octanol–water partition coefficient (Wildman–Crippen LogP) is 2.13. The van der Waals surface area contributed by atoms with E-state index in [9.17, 15) is 0 Å². The molecule has 0 amide bonds. The quantitative estimate of drug-likeness (QED) is 0.678. The lowest BCUT2D eigenvalue weighted by atomic mass is 10.2. The third kappa shape index (κ3) is 9.09. The number of hydrogen-bond acceptors (Lipinski definition) is 6. The Morgan fingerprint density at radius 2 is 1.41 bits per heavy atom. The van der Waals surface area contributed by atoms with Crippen molar-refractivity contribution in [2.75, 3.05) is 39.5 Å². The van der Waals surface area contributed by atoms with Crippen molar-refractivity contribution in [3.05, 3.63) is 60.2 Å². The molecule has 0 atom stereocenters. The largest absolute Gasteiger partial charge is 0.492 e. The van der Waals surface area contributed by atoms with Crippen molar-refractivity contribution in [2.45, 2.75) is 6.61 Å². The van der Waals surface area contributed by atoms with E-state index in [0.29, 0.717) is 13.2 Å². The molecule has 1 aliphatic rings. The number of ether oxygens (including phenoxy) is 3. The van der Waals surface area contributed by atoms with Crippen LogP contribution in [0.25, 0.3) is 0 Å². The molecule has 0 aromatic heterocycles. The topological polar surface area (TPSA) is 106 Å². The smallest absolute Gasteiger partial charge is 0.414 e. The van der Waals surface area contributed by atoms with Crippen LogP contribution in [0.5, 0.6) is 11.5 Å². The van der Waals surface area contributed by atoms with Crippen LogP contribution in [0.1, 0.15) is 5.56 Å². The Morgan fingerprint density at radius 1 is 0.862 bits per heavy atom. The molecule has 3 rings (SSSR count). The van der Waals surface area contributed by atoms with Gasteiger partial charge in [-0.25, -0.2) is 9.59 Å². The van der Waals surface area contributed by atoms with E-state index in [4.69, 9.17) is 34.0 Å². The van der Waals surface area contributed by atoms with Gasteiger partial charge in [0.1, 0.15) is 24.7 Å². The molecule has 1 saturated heterocycles. The lowest BCUT2D eigenvalue weighted by molar-refractivity contribution is -0.159. The van der Waals surface area contributed by atoms with Crippen LogP contribution in [0.2, 0.25) is 0 Å². The van der Waals surface area contributed by atoms with Gasteiger partial charge in [0.2, 0.25) is 0 Å². The number of aliphatic carboxylic acids is 2. The van der Waals surface area contributed by atoms with Crippen LogP contribution in [-0.4, -0.2) is 66.5 Å². The Bertz CT molecular complexity index is 731. The number of carboxylic acid groups (broad SMARTS) is 2. The number of nitrogens with zero attached hydrogens (tertiary/aromatic N) is 1. The summed E-state index contributed by atoms with van der Waals surface area (Å²) in [6, 6.07) is 18.0. The average molecular weight is 403 g/mol. The normalized spacial score (nSPS) is 13.7. The summed E-state index contributed by atoms with van der Waals surface area (Å²) in [5.74, 6) is -1.91. The summed E-state index contributed by atoms with van der Waals surface area (Å²) in [5, 5.41) is 14.8. The summed E-state index contributed by atoms with van der Waals surface area (Å²) in [6.07, 6.45) is 0. The molecule has 0 saturated carbocycles. The highest BCUT2D eigenvalue weighted by Gasteiger charge is 2.09. The Labute approximate surface area is 169 Å². The first-order chi connectivity index (χ1) is 14.0. The highest BCUT2D eigenvalue weighted by molar-refractivity contribution is 6.27. The minimum absolute atomic E-state index is 0.581. The van der Waals surface area contributed by atoms with Gasteiger partial charge in [-0.3, -0.25) is 4.90 Å². The molecule has 2 aromatic carbocycles. The first-order valence-electron chi connectivity index (χ1n) is 9.20. The summed E-state index contributed by atoms with van der Waals surface area (Å²) in [4.78, 5) is 20.6. The summed E-state index contributed by atoms with van der Waals surface area (Å²) >= 11 is 0. The van der Waals surface area contributed by atoms with Gasteiger partial charge in [-0.2, -0.15) is 0 Å². The van der Waals surface area contributed by atoms with Crippen LogP contribution in [0.3, 0.4) is 0 Å². The number of carbonyl (C=O) groups is 2. The molecule has 0 bridgehead atoms. The third-order valence-corrected chi connectivity index (χ3v) is 4.03. The summed E-state index contributed by atoms with van der Waals surface area (Å²) in [6.45, 7) is 5.87. The number of hydrogen-bond donors (Lipinski definition) is 2. The zero-order valence-corrected chi connectivity index (χ0v) is 16.0. The molecule has 0 unspecified atom stereocenters. The molecule has 29 heavy (non-hydrogen) atoms. The maximum atomic E-state index is 9.10. The minimum Gasteiger partial charge on any atom is -0.492 e. The fraction of sp³-hybridized carbons (Fsp3) is 0.333. The van der Waals surface area contributed by atoms with Gasteiger partial charge < -0.3 is 24.4 Å². The van der Waals surface area contributed by atoms with Crippen molar-refractivity contribution in [1.29, 1.82) is 0 Å². The van der Waals surface area contributed by atoms with E-state index in [0.717, 1.165) is 44.3 Å². The molecule has 8 heteroatoms. The molecule has 1 heterocycles.